The van der Waals surface area contributed by atoms with Gasteiger partial charge in [-0.2, -0.15) is 0 Å². The smallest absolute Gasteiger partial charge is 0.0476 e. The van der Waals surface area contributed by atoms with Gasteiger partial charge in [0.05, 0.1) is 0 Å². The summed E-state index contributed by atoms with van der Waals surface area (Å²) in [7, 11) is 2.12. The van der Waals surface area contributed by atoms with E-state index >= 15 is 0 Å². The van der Waals surface area contributed by atoms with E-state index in [0.717, 1.165) is 12.3 Å². The second-order valence-electron chi connectivity index (χ2n) is 6.23. The van der Waals surface area contributed by atoms with Gasteiger partial charge in [0.15, 0.2) is 0 Å². The van der Waals surface area contributed by atoms with E-state index < -0.39 is 0 Å². The van der Waals surface area contributed by atoms with Gasteiger partial charge in [-0.25, -0.2) is 0 Å². The highest BCUT2D eigenvalue weighted by molar-refractivity contribution is 5.40. The van der Waals surface area contributed by atoms with Crippen molar-refractivity contribution in [2.24, 2.45) is 0 Å². The lowest BCUT2D eigenvalue weighted by Gasteiger charge is -2.42. The first-order valence-electron chi connectivity index (χ1n) is 8.11. The van der Waals surface area contributed by atoms with Crippen LogP contribution < -0.4 is 5.32 Å². The van der Waals surface area contributed by atoms with Crippen LogP contribution >= 0.6 is 0 Å². The van der Waals surface area contributed by atoms with Crippen molar-refractivity contribution in [1.82, 2.24) is 5.32 Å². The highest BCUT2D eigenvalue weighted by Gasteiger charge is 2.37. The summed E-state index contributed by atoms with van der Waals surface area (Å²) >= 11 is 0. The van der Waals surface area contributed by atoms with Gasteiger partial charge in [-0.1, -0.05) is 61.5 Å². The summed E-state index contributed by atoms with van der Waals surface area (Å²) in [6.07, 6.45) is 4.80. The molecule has 1 aliphatic rings. The highest BCUT2D eigenvalue weighted by atomic mass is 14.9. The second kappa shape index (κ2) is 6.03. The third kappa shape index (κ3) is 2.63. The number of rotatable bonds is 4. The molecule has 0 saturated heterocycles. The largest absolute Gasteiger partial charge is 0.310 e. The Morgan fingerprint density at radius 3 is 2.48 bits per heavy atom. The Kier molecular flexibility index (Phi) is 4.12. The molecule has 0 bridgehead atoms. The van der Waals surface area contributed by atoms with Crippen molar-refractivity contribution in [3.8, 4) is 0 Å². The first-order chi connectivity index (χ1) is 10.3. The van der Waals surface area contributed by atoms with Crippen LogP contribution in [0, 0.1) is 0 Å². The molecule has 1 aliphatic carbocycles. The number of benzene rings is 2. The number of fused-ring (bicyclic) bond motifs is 1. The molecule has 2 atom stereocenters. The van der Waals surface area contributed by atoms with E-state index in [1.807, 2.05) is 0 Å². The molecule has 21 heavy (non-hydrogen) atoms. The molecule has 1 heteroatoms. The van der Waals surface area contributed by atoms with Gasteiger partial charge in [-0.05, 0) is 55.3 Å². The fourth-order valence-corrected chi connectivity index (χ4v) is 3.90. The molecule has 0 saturated carbocycles. The van der Waals surface area contributed by atoms with Crippen LogP contribution in [0.1, 0.15) is 48.8 Å². The van der Waals surface area contributed by atoms with Crippen LogP contribution in [-0.4, -0.2) is 7.05 Å². The van der Waals surface area contributed by atoms with Gasteiger partial charge in [-0.15, -0.1) is 0 Å². The fraction of sp³-hybridized carbons (Fsp3) is 0.400. The van der Waals surface area contributed by atoms with Crippen LogP contribution in [0.5, 0.6) is 0 Å². The van der Waals surface area contributed by atoms with Crippen LogP contribution in [0.4, 0.5) is 0 Å². The van der Waals surface area contributed by atoms with E-state index in [0.29, 0.717) is 0 Å². The van der Waals surface area contributed by atoms with Crippen molar-refractivity contribution >= 4 is 0 Å². The Bertz CT molecular complexity index is 590. The zero-order valence-electron chi connectivity index (χ0n) is 13.1. The zero-order chi connectivity index (χ0) is 14.7. The molecule has 110 valence electrons. The van der Waals surface area contributed by atoms with E-state index in [-0.39, 0.29) is 5.54 Å². The van der Waals surface area contributed by atoms with Crippen LogP contribution in [-0.2, 0) is 12.0 Å². The number of hydrogen-bond donors (Lipinski definition) is 1. The summed E-state index contributed by atoms with van der Waals surface area (Å²) in [5, 5.41) is 3.67. The van der Waals surface area contributed by atoms with Crippen molar-refractivity contribution < 1.29 is 0 Å². The van der Waals surface area contributed by atoms with Crippen LogP contribution in [0.15, 0.2) is 54.6 Å². The van der Waals surface area contributed by atoms with E-state index in [4.69, 9.17) is 0 Å². The Morgan fingerprint density at radius 1 is 1.05 bits per heavy atom. The van der Waals surface area contributed by atoms with Gasteiger partial charge in [0.1, 0.15) is 0 Å². The van der Waals surface area contributed by atoms with Crippen LogP contribution in [0.3, 0.4) is 0 Å². The summed E-state index contributed by atoms with van der Waals surface area (Å²) in [6, 6.07) is 19.9. The molecule has 1 nitrogen and oxygen atoms in total. The van der Waals surface area contributed by atoms with Crippen molar-refractivity contribution in [3.05, 3.63) is 71.3 Å². The first-order valence-corrected chi connectivity index (χ1v) is 8.11. The van der Waals surface area contributed by atoms with Gasteiger partial charge in [-0.3, -0.25) is 0 Å². The molecule has 0 amide bonds. The standard InChI is InChI=1S/C20H25N/c1-3-17-13-14-20(21-2,15-16-9-5-4-6-10-16)19-12-8-7-11-18(17)19/h4-12,17,21H,3,13-15H2,1-2H3. The molecular formula is C20H25N. The molecule has 0 heterocycles. The molecule has 0 fully saturated rings. The molecular weight excluding hydrogens is 254 g/mol. The van der Waals surface area contributed by atoms with Gasteiger partial charge >= 0.3 is 0 Å². The Labute approximate surface area is 128 Å². The second-order valence-corrected chi connectivity index (χ2v) is 6.23. The molecule has 0 radical (unpaired) electrons. The minimum absolute atomic E-state index is 0.0869. The topological polar surface area (TPSA) is 12.0 Å². The molecule has 0 aliphatic heterocycles. The molecule has 2 unspecified atom stereocenters. The van der Waals surface area contributed by atoms with Crippen molar-refractivity contribution in [2.45, 2.75) is 44.1 Å². The average Bonchev–Trinajstić information content (AvgIpc) is 2.56. The summed E-state index contributed by atoms with van der Waals surface area (Å²) < 4.78 is 0. The maximum absolute atomic E-state index is 3.67. The van der Waals surface area contributed by atoms with Crippen molar-refractivity contribution in [1.29, 1.82) is 0 Å². The van der Waals surface area contributed by atoms with Crippen molar-refractivity contribution in [3.63, 3.8) is 0 Å². The summed E-state index contributed by atoms with van der Waals surface area (Å²) in [6.45, 7) is 2.31. The molecule has 1 N–H and O–H groups in total. The average molecular weight is 279 g/mol. The lowest BCUT2D eigenvalue weighted by atomic mass is 9.69. The Morgan fingerprint density at radius 2 is 1.76 bits per heavy atom. The lowest BCUT2D eigenvalue weighted by Crippen LogP contribution is -2.45. The molecule has 0 spiro atoms. The van der Waals surface area contributed by atoms with Gasteiger partial charge < -0.3 is 5.32 Å². The van der Waals surface area contributed by atoms with Crippen molar-refractivity contribution in [2.75, 3.05) is 7.05 Å². The number of likely N-dealkylation sites (N-methyl/N-ethyl adjacent to an activating group) is 1. The number of nitrogens with one attached hydrogen (secondary N) is 1. The Hall–Kier alpha value is -1.60. The highest BCUT2D eigenvalue weighted by Crippen LogP contribution is 2.44. The van der Waals surface area contributed by atoms with Gasteiger partial charge in [0.25, 0.3) is 0 Å². The monoisotopic (exact) mass is 279 g/mol. The van der Waals surface area contributed by atoms with E-state index in [1.165, 1.54) is 30.4 Å². The summed E-state index contributed by atoms with van der Waals surface area (Å²) in [5.74, 6) is 0.721. The summed E-state index contributed by atoms with van der Waals surface area (Å²) in [4.78, 5) is 0. The van der Waals surface area contributed by atoms with Crippen LogP contribution in [0.25, 0.3) is 0 Å². The predicted octanol–water partition coefficient (Wildman–Crippen LogP) is 4.63. The van der Waals surface area contributed by atoms with E-state index in [2.05, 4.69) is 73.9 Å². The minimum atomic E-state index is 0.0869. The quantitative estimate of drug-likeness (QED) is 0.860. The molecule has 2 aromatic carbocycles. The fourth-order valence-electron chi connectivity index (χ4n) is 3.90. The Balaban J connectivity index is 2.02. The first kappa shape index (κ1) is 14.3. The van der Waals surface area contributed by atoms with E-state index in [1.54, 1.807) is 5.56 Å². The normalized spacial score (nSPS) is 24.6. The van der Waals surface area contributed by atoms with Crippen LogP contribution in [0.2, 0.25) is 0 Å². The van der Waals surface area contributed by atoms with E-state index in [9.17, 15) is 0 Å². The number of hydrogen-bond acceptors (Lipinski definition) is 1. The molecule has 3 rings (SSSR count). The summed E-state index contributed by atoms with van der Waals surface area (Å²) in [5.41, 5.74) is 4.56. The lowest BCUT2D eigenvalue weighted by molar-refractivity contribution is 0.283. The SMILES string of the molecule is CCC1CCC(Cc2ccccc2)(NC)c2ccccc21. The molecule has 0 aromatic heterocycles. The maximum Gasteiger partial charge on any atom is 0.0476 e. The van der Waals surface area contributed by atoms with Gasteiger partial charge in [0.2, 0.25) is 0 Å². The molecule has 2 aromatic rings. The third-order valence-electron chi connectivity index (χ3n) is 5.16. The van der Waals surface area contributed by atoms with Gasteiger partial charge in [0, 0.05) is 5.54 Å². The maximum atomic E-state index is 3.67. The minimum Gasteiger partial charge on any atom is -0.310 e. The third-order valence-corrected chi connectivity index (χ3v) is 5.16. The predicted molar refractivity (Wildman–Crippen MR) is 89.6 cm³/mol. The zero-order valence-corrected chi connectivity index (χ0v) is 13.1.